The molecule has 7 heteroatoms. The standard InChI is InChI=1S/C14H17ClN2O3S/c1-2-12-17(11(7-21-12)14(19)20)13(18)10-5-8(15)6-16(10)9-3-4-9/h5-6,9,11-12H,2-4,7H2,1H3,(H,19,20). The molecule has 1 aliphatic carbocycles. The lowest BCUT2D eigenvalue weighted by Crippen LogP contribution is -2.46. The van der Waals surface area contributed by atoms with Crippen LogP contribution in [0.1, 0.15) is 42.7 Å². The number of hydrogen-bond donors (Lipinski definition) is 1. The Labute approximate surface area is 132 Å². The van der Waals surface area contributed by atoms with Gasteiger partial charge in [0.1, 0.15) is 11.7 Å². The average Bonchev–Trinajstić information content (AvgIpc) is 3.07. The first-order valence-corrected chi connectivity index (χ1v) is 8.50. The highest BCUT2D eigenvalue weighted by Crippen LogP contribution is 2.39. The van der Waals surface area contributed by atoms with Crippen molar-refractivity contribution in [3.63, 3.8) is 0 Å². The SMILES string of the molecule is CCC1SCC(C(=O)O)N1C(=O)c1cc(Cl)cn1C1CC1. The van der Waals surface area contributed by atoms with Crippen molar-refractivity contribution in [2.45, 2.75) is 43.6 Å². The first kappa shape index (κ1) is 14.8. The minimum atomic E-state index is -0.942. The van der Waals surface area contributed by atoms with Crippen molar-refractivity contribution in [2.24, 2.45) is 0 Å². The second-order valence-corrected chi connectivity index (χ2v) is 7.09. The molecule has 0 bridgehead atoms. The van der Waals surface area contributed by atoms with E-state index in [4.69, 9.17) is 11.6 Å². The van der Waals surface area contributed by atoms with Gasteiger partial charge in [0.25, 0.3) is 5.91 Å². The number of carbonyl (C=O) groups is 2. The van der Waals surface area contributed by atoms with Gasteiger partial charge >= 0.3 is 5.97 Å². The first-order valence-electron chi connectivity index (χ1n) is 7.07. The van der Waals surface area contributed by atoms with Gasteiger partial charge in [-0.2, -0.15) is 0 Å². The number of thioether (sulfide) groups is 1. The van der Waals surface area contributed by atoms with Crippen LogP contribution in [0.5, 0.6) is 0 Å². The van der Waals surface area contributed by atoms with Gasteiger partial charge in [-0.15, -0.1) is 11.8 Å². The molecule has 3 rings (SSSR count). The van der Waals surface area contributed by atoms with E-state index in [-0.39, 0.29) is 11.3 Å². The molecule has 1 saturated heterocycles. The van der Waals surface area contributed by atoms with Crippen LogP contribution in [-0.2, 0) is 4.79 Å². The second kappa shape index (κ2) is 5.57. The molecule has 1 aromatic heterocycles. The van der Waals surface area contributed by atoms with Crippen molar-refractivity contribution in [3.05, 3.63) is 23.0 Å². The molecular formula is C14H17ClN2O3S. The summed E-state index contributed by atoms with van der Waals surface area (Å²) in [7, 11) is 0. The smallest absolute Gasteiger partial charge is 0.327 e. The summed E-state index contributed by atoms with van der Waals surface area (Å²) in [6.07, 6.45) is 4.59. The van der Waals surface area contributed by atoms with Crippen molar-refractivity contribution in [3.8, 4) is 0 Å². The largest absolute Gasteiger partial charge is 0.480 e. The fourth-order valence-corrected chi connectivity index (χ4v) is 4.30. The molecule has 2 fully saturated rings. The summed E-state index contributed by atoms with van der Waals surface area (Å²) >= 11 is 7.57. The zero-order chi connectivity index (χ0) is 15.1. The van der Waals surface area contributed by atoms with Crippen LogP contribution in [0.3, 0.4) is 0 Å². The summed E-state index contributed by atoms with van der Waals surface area (Å²) in [6.45, 7) is 1.97. The van der Waals surface area contributed by atoms with Gasteiger partial charge in [-0.3, -0.25) is 4.79 Å². The van der Waals surface area contributed by atoms with Crippen LogP contribution in [0.2, 0.25) is 5.02 Å². The lowest BCUT2D eigenvalue weighted by molar-refractivity contribution is -0.141. The molecule has 2 atom stereocenters. The van der Waals surface area contributed by atoms with Crippen LogP contribution in [-0.4, -0.2) is 43.6 Å². The lowest BCUT2D eigenvalue weighted by atomic mass is 10.2. The number of nitrogens with zero attached hydrogens (tertiary/aromatic N) is 2. The Bertz CT molecular complexity index is 585. The molecule has 114 valence electrons. The van der Waals surface area contributed by atoms with Crippen LogP contribution in [0.25, 0.3) is 0 Å². The molecule has 0 aromatic carbocycles. The number of carboxylic acid groups (broad SMARTS) is 1. The summed E-state index contributed by atoms with van der Waals surface area (Å²) in [5.41, 5.74) is 0.509. The topological polar surface area (TPSA) is 62.5 Å². The molecule has 21 heavy (non-hydrogen) atoms. The maximum atomic E-state index is 12.9. The maximum absolute atomic E-state index is 12.9. The lowest BCUT2D eigenvalue weighted by Gasteiger charge is -2.27. The Morgan fingerprint density at radius 3 is 2.76 bits per heavy atom. The van der Waals surface area contributed by atoms with E-state index in [1.165, 1.54) is 16.7 Å². The van der Waals surface area contributed by atoms with Crippen molar-refractivity contribution >= 4 is 35.2 Å². The quantitative estimate of drug-likeness (QED) is 0.923. The molecule has 0 radical (unpaired) electrons. The molecule has 1 aromatic rings. The zero-order valence-electron chi connectivity index (χ0n) is 11.7. The molecular weight excluding hydrogens is 312 g/mol. The van der Waals surface area contributed by atoms with E-state index in [1.807, 2.05) is 11.5 Å². The van der Waals surface area contributed by atoms with Crippen LogP contribution in [0.4, 0.5) is 0 Å². The number of aromatic nitrogens is 1. The molecule has 1 saturated carbocycles. The molecule has 2 unspecified atom stereocenters. The van der Waals surface area contributed by atoms with Gasteiger partial charge in [-0.25, -0.2) is 4.79 Å². The Hall–Kier alpha value is -1.14. The molecule has 2 aliphatic rings. The third-order valence-electron chi connectivity index (χ3n) is 3.94. The third kappa shape index (κ3) is 2.66. The number of aliphatic carboxylic acids is 1. The Kier molecular flexibility index (Phi) is 3.92. The minimum Gasteiger partial charge on any atom is -0.480 e. The van der Waals surface area contributed by atoms with E-state index in [2.05, 4.69) is 0 Å². The average molecular weight is 329 g/mol. The van der Waals surface area contributed by atoms with Crippen molar-refractivity contribution in [2.75, 3.05) is 5.75 Å². The van der Waals surface area contributed by atoms with Gasteiger partial charge < -0.3 is 14.6 Å². The summed E-state index contributed by atoms with van der Waals surface area (Å²) in [5, 5.41) is 9.79. The van der Waals surface area contributed by atoms with Gasteiger partial charge in [0.05, 0.1) is 10.4 Å². The molecule has 5 nitrogen and oxygen atoms in total. The first-order chi connectivity index (χ1) is 10.0. The normalized spacial score (nSPS) is 25.3. The number of hydrogen-bond acceptors (Lipinski definition) is 3. The molecule has 1 N–H and O–H groups in total. The predicted molar refractivity (Wildman–Crippen MR) is 81.8 cm³/mol. The number of rotatable bonds is 4. The fourth-order valence-electron chi connectivity index (χ4n) is 2.74. The fraction of sp³-hybridized carbons (Fsp3) is 0.571. The van der Waals surface area contributed by atoms with E-state index in [1.54, 1.807) is 12.3 Å². The Morgan fingerprint density at radius 2 is 2.19 bits per heavy atom. The summed E-state index contributed by atoms with van der Waals surface area (Å²) in [4.78, 5) is 25.8. The summed E-state index contributed by atoms with van der Waals surface area (Å²) in [5.74, 6) is -0.724. The molecule has 2 heterocycles. The second-order valence-electron chi connectivity index (χ2n) is 5.44. The van der Waals surface area contributed by atoms with E-state index >= 15 is 0 Å². The zero-order valence-corrected chi connectivity index (χ0v) is 13.2. The van der Waals surface area contributed by atoms with E-state index in [9.17, 15) is 14.7 Å². The van der Waals surface area contributed by atoms with Crippen molar-refractivity contribution in [1.29, 1.82) is 0 Å². The van der Waals surface area contributed by atoms with Crippen LogP contribution >= 0.6 is 23.4 Å². The van der Waals surface area contributed by atoms with Gasteiger partial charge in [0, 0.05) is 18.0 Å². The molecule has 1 amide bonds. The molecule has 0 spiro atoms. The van der Waals surface area contributed by atoms with E-state index in [0.29, 0.717) is 22.5 Å². The number of halogens is 1. The van der Waals surface area contributed by atoms with Gasteiger partial charge in [0.2, 0.25) is 0 Å². The van der Waals surface area contributed by atoms with E-state index < -0.39 is 12.0 Å². The van der Waals surface area contributed by atoms with Crippen molar-refractivity contribution in [1.82, 2.24) is 9.47 Å². The summed E-state index contributed by atoms with van der Waals surface area (Å²) in [6, 6.07) is 1.22. The third-order valence-corrected chi connectivity index (χ3v) is 5.60. The number of carbonyl (C=O) groups excluding carboxylic acids is 1. The van der Waals surface area contributed by atoms with Gasteiger partial charge in [-0.1, -0.05) is 18.5 Å². The summed E-state index contributed by atoms with van der Waals surface area (Å²) < 4.78 is 1.90. The number of carboxylic acids is 1. The highest BCUT2D eigenvalue weighted by molar-refractivity contribution is 8.00. The predicted octanol–water partition coefficient (Wildman–Crippen LogP) is 2.85. The van der Waals surface area contributed by atoms with Gasteiger partial charge in [0.15, 0.2) is 0 Å². The van der Waals surface area contributed by atoms with Crippen molar-refractivity contribution < 1.29 is 14.7 Å². The maximum Gasteiger partial charge on any atom is 0.327 e. The number of amides is 1. The monoisotopic (exact) mass is 328 g/mol. The van der Waals surface area contributed by atoms with Crippen LogP contribution in [0.15, 0.2) is 12.3 Å². The minimum absolute atomic E-state index is 0.0834. The highest BCUT2D eigenvalue weighted by atomic mass is 35.5. The highest BCUT2D eigenvalue weighted by Gasteiger charge is 2.42. The Balaban J connectivity index is 1.94. The van der Waals surface area contributed by atoms with E-state index in [0.717, 1.165) is 19.3 Å². The van der Waals surface area contributed by atoms with Gasteiger partial charge in [-0.05, 0) is 25.3 Å². The van der Waals surface area contributed by atoms with Crippen LogP contribution < -0.4 is 0 Å². The molecule has 1 aliphatic heterocycles. The van der Waals surface area contributed by atoms with Crippen LogP contribution in [0, 0.1) is 0 Å². The Morgan fingerprint density at radius 1 is 1.48 bits per heavy atom.